The van der Waals surface area contributed by atoms with Gasteiger partial charge in [0.2, 0.25) is 0 Å². The van der Waals surface area contributed by atoms with E-state index in [2.05, 4.69) is 51.3 Å². The maximum atomic E-state index is 8.43. The van der Waals surface area contributed by atoms with E-state index in [9.17, 15) is 0 Å². The molecular formula is C22H26N2O3. The van der Waals surface area contributed by atoms with Crippen LogP contribution in [0, 0.1) is 6.92 Å². The van der Waals surface area contributed by atoms with Gasteiger partial charge in [-0.2, -0.15) is 0 Å². The van der Waals surface area contributed by atoms with Crippen LogP contribution in [-0.2, 0) is 11.9 Å². The first-order valence-electron chi connectivity index (χ1n) is 9.24. The molecule has 1 aromatic heterocycles. The second kappa shape index (κ2) is 8.73. The molecule has 142 valence electrons. The van der Waals surface area contributed by atoms with Crippen LogP contribution >= 0.6 is 0 Å². The average Bonchev–Trinajstić information content (AvgIpc) is 2.98. The number of nitrogens with zero attached hydrogens (tertiary/aromatic N) is 2. The molecule has 27 heavy (non-hydrogen) atoms. The summed E-state index contributed by atoms with van der Waals surface area (Å²) >= 11 is 0. The molecule has 0 saturated carbocycles. The van der Waals surface area contributed by atoms with Gasteiger partial charge < -0.3 is 14.2 Å². The van der Waals surface area contributed by atoms with Crippen LogP contribution in [0.3, 0.4) is 0 Å². The second-order valence-electron chi connectivity index (χ2n) is 6.73. The Hall–Kier alpha value is -2.79. The van der Waals surface area contributed by atoms with Gasteiger partial charge >= 0.3 is 0 Å². The van der Waals surface area contributed by atoms with E-state index in [1.54, 1.807) is 0 Å². The second-order valence-corrected chi connectivity index (χ2v) is 6.73. The Balaban J connectivity index is 1.53. The summed E-state index contributed by atoms with van der Waals surface area (Å²) in [6, 6.07) is 14.5. The maximum absolute atomic E-state index is 8.43. The average molecular weight is 366 g/mol. The summed E-state index contributed by atoms with van der Waals surface area (Å²) in [5, 5.41) is 8.43. The highest BCUT2D eigenvalue weighted by atomic mass is 17.1. The third-order valence-corrected chi connectivity index (χ3v) is 4.79. The predicted octanol–water partition coefficient (Wildman–Crippen LogP) is 5.49. The van der Waals surface area contributed by atoms with Gasteiger partial charge in [-0.25, -0.2) is 10.2 Å². The lowest BCUT2D eigenvalue weighted by molar-refractivity contribution is -0.205. The topological polar surface area (TPSA) is 56.5 Å². The zero-order valence-electron chi connectivity index (χ0n) is 15.9. The summed E-state index contributed by atoms with van der Waals surface area (Å²) in [6.45, 7) is 6.27. The van der Waals surface area contributed by atoms with Gasteiger partial charge in [-0.15, -0.1) is 0 Å². The van der Waals surface area contributed by atoms with Crippen LogP contribution in [-0.4, -0.2) is 21.4 Å². The van der Waals surface area contributed by atoms with Crippen LogP contribution in [0.4, 0.5) is 0 Å². The van der Waals surface area contributed by atoms with E-state index >= 15 is 0 Å². The van der Waals surface area contributed by atoms with Gasteiger partial charge in [0.15, 0.2) is 0 Å². The maximum Gasteiger partial charge on any atom is 0.135 e. The van der Waals surface area contributed by atoms with Crippen molar-refractivity contribution in [1.82, 2.24) is 9.55 Å². The Morgan fingerprint density at radius 2 is 1.81 bits per heavy atom. The van der Waals surface area contributed by atoms with Gasteiger partial charge in [-0.1, -0.05) is 24.8 Å². The van der Waals surface area contributed by atoms with Crippen molar-refractivity contribution in [3.8, 4) is 16.9 Å². The van der Waals surface area contributed by atoms with Crippen LogP contribution in [0.15, 0.2) is 54.8 Å². The molecule has 0 bridgehead atoms. The number of imidazole rings is 1. The zero-order valence-corrected chi connectivity index (χ0v) is 15.9. The van der Waals surface area contributed by atoms with Crippen molar-refractivity contribution >= 4 is 11.0 Å². The third kappa shape index (κ3) is 4.68. The monoisotopic (exact) mass is 366 g/mol. The summed E-state index contributed by atoms with van der Waals surface area (Å²) in [7, 11) is 2.03. The fourth-order valence-electron chi connectivity index (χ4n) is 3.08. The highest BCUT2D eigenvalue weighted by Crippen LogP contribution is 2.26. The standard InChI is InChI=1S/C22H26N2O3/c1-16(27-25)7-5-4-6-14-26-20-11-8-18(9-12-20)19-10-13-22-21(15-19)23-17(2)24(22)3/h8-13,15,25H,1,4-7,14H2,2-3H3. The number of hydrogen-bond acceptors (Lipinski definition) is 4. The van der Waals surface area contributed by atoms with Crippen molar-refractivity contribution in [3.05, 3.63) is 60.6 Å². The molecule has 0 aliphatic heterocycles. The molecule has 0 amide bonds. The molecule has 5 heteroatoms. The first kappa shape index (κ1) is 19.0. The van der Waals surface area contributed by atoms with E-state index in [1.807, 2.05) is 26.1 Å². The molecule has 5 nitrogen and oxygen atoms in total. The number of aryl methyl sites for hydroxylation is 2. The summed E-state index contributed by atoms with van der Waals surface area (Å²) in [5.41, 5.74) is 4.46. The van der Waals surface area contributed by atoms with Crippen LogP contribution in [0.5, 0.6) is 5.75 Å². The van der Waals surface area contributed by atoms with Gasteiger partial charge in [0.1, 0.15) is 17.3 Å². The van der Waals surface area contributed by atoms with E-state index in [-0.39, 0.29) is 0 Å². The van der Waals surface area contributed by atoms with Gasteiger partial charge in [0.05, 0.1) is 17.6 Å². The number of ether oxygens (including phenoxy) is 1. The number of unbranched alkanes of at least 4 members (excludes halogenated alkanes) is 2. The van der Waals surface area contributed by atoms with Crippen LogP contribution < -0.4 is 4.74 Å². The molecule has 0 aliphatic carbocycles. The lowest BCUT2D eigenvalue weighted by Crippen LogP contribution is -1.97. The van der Waals surface area contributed by atoms with Crippen LogP contribution in [0.2, 0.25) is 0 Å². The van der Waals surface area contributed by atoms with Crippen LogP contribution in [0.1, 0.15) is 31.5 Å². The SMILES string of the molecule is C=C(CCCCCOc1ccc(-c2ccc3c(c2)nc(C)n3C)cc1)OO. The van der Waals surface area contributed by atoms with Crippen molar-refractivity contribution in [1.29, 1.82) is 0 Å². The number of rotatable bonds is 9. The minimum Gasteiger partial charge on any atom is -0.494 e. The Morgan fingerprint density at radius 3 is 2.56 bits per heavy atom. The summed E-state index contributed by atoms with van der Waals surface area (Å²) in [4.78, 5) is 8.68. The van der Waals surface area contributed by atoms with Gasteiger partial charge in [0, 0.05) is 13.5 Å². The molecule has 0 atom stereocenters. The first-order chi connectivity index (χ1) is 13.1. The van der Waals surface area contributed by atoms with Crippen molar-refractivity contribution in [2.24, 2.45) is 7.05 Å². The number of hydrogen-bond donors (Lipinski definition) is 1. The minimum absolute atomic E-state index is 0.408. The minimum atomic E-state index is 0.408. The van der Waals surface area contributed by atoms with E-state index in [4.69, 9.17) is 9.99 Å². The Labute approximate surface area is 159 Å². The number of benzene rings is 2. The van der Waals surface area contributed by atoms with Crippen molar-refractivity contribution in [2.45, 2.75) is 32.6 Å². The Kier molecular flexibility index (Phi) is 6.14. The van der Waals surface area contributed by atoms with Gasteiger partial charge in [0.25, 0.3) is 0 Å². The van der Waals surface area contributed by atoms with Crippen molar-refractivity contribution in [2.75, 3.05) is 6.61 Å². The first-order valence-corrected chi connectivity index (χ1v) is 9.24. The molecule has 0 spiro atoms. The van der Waals surface area contributed by atoms with Gasteiger partial charge in [-0.3, -0.25) is 0 Å². The van der Waals surface area contributed by atoms with Gasteiger partial charge in [-0.05, 0) is 61.6 Å². The molecule has 3 aromatic rings. The van der Waals surface area contributed by atoms with E-state index in [0.29, 0.717) is 18.8 Å². The number of aromatic nitrogens is 2. The molecular weight excluding hydrogens is 340 g/mol. The summed E-state index contributed by atoms with van der Waals surface area (Å²) in [5.74, 6) is 2.29. The molecule has 0 unspecified atom stereocenters. The lowest BCUT2D eigenvalue weighted by atomic mass is 10.1. The molecule has 2 aromatic carbocycles. The van der Waals surface area contributed by atoms with E-state index in [1.165, 1.54) is 0 Å². The molecule has 0 fully saturated rings. The Bertz CT molecular complexity index is 913. The third-order valence-electron chi connectivity index (χ3n) is 4.79. The molecule has 0 radical (unpaired) electrons. The summed E-state index contributed by atoms with van der Waals surface area (Å²) in [6.07, 6.45) is 3.56. The van der Waals surface area contributed by atoms with E-state index < -0.39 is 0 Å². The van der Waals surface area contributed by atoms with E-state index in [0.717, 1.165) is 53.0 Å². The quantitative estimate of drug-likeness (QED) is 0.235. The molecule has 3 rings (SSSR count). The number of allylic oxidation sites excluding steroid dienone is 1. The zero-order chi connectivity index (χ0) is 19.2. The highest BCUT2D eigenvalue weighted by Gasteiger charge is 2.06. The largest absolute Gasteiger partial charge is 0.494 e. The van der Waals surface area contributed by atoms with Crippen LogP contribution in [0.25, 0.3) is 22.2 Å². The fraction of sp³-hybridized carbons (Fsp3) is 0.318. The molecule has 0 aliphatic rings. The normalized spacial score (nSPS) is 10.9. The molecule has 0 saturated heterocycles. The number of fused-ring (bicyclic) bond motifs is 1. The Morgan fingerprint density at radius 1 is 1.07 bits per heavy atom. The smallest absolute Gasteiger partial charge is 0.135 e. The van der Waals surface area contributed by atoms with Crippen molar-refractivity contribution in [3.63, 3.8) is 0 Å². The molecule has 1 N–H and O–H groups in total. The highest BCUT2D eigenvalue weighted by molar-refractivity contribution is 5.82. The fourth-order valence-corrected chi connectivity index (χ4v) is 3.08. The van der Waals surface area contributed by atoms with Crippen molar-refractivity contribution < 1.29 is 14.9 Å². The summed E-state index contributed by atoms with van der Waals surface area (Å²) < 4.78 is 7.90. The molecule has 1 heterocycles. The lowest BCUT2D eigenvalue weighted by Gasteiger charge is -2.08. The predicted molar refractivity (Wildman–Crippen MR) is 108 cm³/mol.